The second-order valence-electron chi connectivity index (χ2n) is 13.4. The van der Waals surface area contributed by atoms with Crippen LogP contribution in [0.1, 0.15) is 76.2 Å². The topological polar surface area (TPSA) is 96.0 Å². The van der Waals surface area contributed by atoms with Crippen molar-refractivity contribution in [3.63, 3.8) is 0 Å². The molecule has 8 nitrogen and oxygen atoms in total. The summed E-state index contributed by atoms with van der Waals surface area (Å²) in [5, 5.41) is 17.8. The minimum Gasteiger partial charge on any atom is -0.483 e. The van der Waals surface area contributed by atoms with Crippen molar-refractivity contribution in [2.75, 3.05) is 31.6 Å². The van der Waals surface area contributed by atoms with Gasteiger partial charge in [-0.1, -0.05) is 32.9 Å². The van der Waals surface area contributed by atoms with Crippen molar-refractivity contribution in [1.82, 2.24) is 15.6 Å². The molecule has 3 atom stereocenters. The van der Waals surface area contributed by atoms with Gasteiger partial charge >= 0.3 is 0 Å². The third-order valence-electron chi connectivity index (χ3n) is 8.56. The first-order chi connectivity index (χ1) is 19.4. The monoisotopic (exact) mass is 568 g/mol. The SMILES string of the molecule is COC1CN(c2nc(CC(C)(C)C)cc3c2OC2(CCC2)C[C@@H]3NC[C@H](O)[C@H](Cc2ccc(F)cc2)NC(C)=O)C1. The largest absolute Gasteiger partial charge is 0.483 e. The lowest BCUT2D eigenvalue weighted by molar-refractivity contribution is -0.120. The van der Waals surface area contributed by atoms with Crippen molar-refractivity contribution < 1.29 is 23.8 Å². The van der Waals surface area contributed by atoms with Crippen LogP contribution in [-0.4, -0.2) is 66.6 Å². The Morgan fingerprint density at radius 1 is 1.27 bits per heavy atom. The number of carbonyl (C=O) groups excluding carboxylic acids is 1. The van der Waals surface area contributed by atoms with Gasteiger partial charge in [0, 0.05) is 57.4 Å². The molecule has 3 heterocycles. The molecule has 9 heteroatoms. The minimum absolute atomic E-state index is 0.0301. The Balaban J connectivity index is 1.40. The van der Waals surface area contributed by atoms with Gasteiger partial charge < -0.3 is 30.1 Å². The van der Waals surface area contributed by atoms with Crippen molar-refractivity contribution in [1.29, 1.82) is 0 Å². The maximum Gasteiger partial charge on any atom is 0.217 e. The van der Waals surface area contributed by atoms with Crippen LogP contribution in [0.4, 0.5) is 10.2 Å². The Bertz CT molecular complexity index is 1220. The van der Waals surface area contributed by atoms with Gasteiger partial charge in [0.25, 0.3) is 0 Å². The smallest absolute Gasteiger partial charge is 0.217 e. The standard InChI is InChI=1S/C32H45FN4O4/c1-20(38)35-26(13-21-7-9-22(33)10-8-21)28(39)17-34-27-16-32(11-6-12-32)41-29-25(27)14-23(15-31(2,3)4)36-30(29)37-18-24(19-37)40-5/h7-10,14,24,26-28,34,39H,6,11-13,15-19H2,1-5H3,(H,35,38)/t26-,27-,28-/m0/s1. The van der Waals surface area contributed by atoms with E-state index in [4.69, 9.17) is 14.5 Å². The molecule has 3 N–H and O–H groups in total. The van der Waals surface area contributed by atoms with Crippen LogP contribution in [0.5, 0.6) is 5.75 Å². The predicted octanol–water partition coefficient (Wildman–Crippen LogP) is 4.09. The van der Waals surface area contributed by atoms with E-state index in [0.717, 1.165) is 73.6 Å². The molecule has 224 valence electrons. The number of nitrogens with one attached hydrogen (secondary N) is 2. The lowest BCUT2D eigenvalue weighted by Gasteiger charge is -2.50. The second kappa shape index (κ2) is 11.9. The average molecular weight is 569 g/mol. The van der Waals surface area contributed by atoms with Gasteiger partial charge in [-0.2, -0.15) is 0 Å². The highest BCUT2D eigenvalue weighted by atomic mass is 19.1. The third kappa shape index (κ3) is 7.01. The van der Waals surface area contributed by atoms with Crippen LogP contribution in [0.2, 0.25) is 0 Å². The molecule has 2 aromatic rings. The van der Waals surface area contributed by atoms with E-state index in [1.807, 2.05) is 0 Å². The zero-order valence-electron chi connectivity index (χ0n) is 25.0. The molecular weight excluding hydrogens is 523 g/mol. The van der Waals surface area contributed by atoms with E-state index < -0.39 is 12.1 Å². The molecule has 2 aliphatic heterocycles. The highest BCUT2D eigenvalue weighted by molar-refractivity contribution is 5.73. The first-order valence-electron chi connectivity index (χ1n) is 14.9. The fourth-order valence-electron chi connectivity index (χ4n) is 6.19. The first-order valence-corrected chi connectivity index (χ1v) is 14.9. The molecule has 2 fully saturated rings. The number of carbonyl (C=O) groups is 1. The average Bonchev–Trinajstić information content (AvgIpc) is 2.85. The van der Waals surface area contributed by atoms with Crippen molar-refractivity contribution in [3.8, 4) is 5.75 Å². The number of anilines is 1. The van der Waals surface area contributed by atoms with E-state index in [-0.39, 0.29) is 41.4 Å². The van der Waals surface area contributed by atoms with Gasteiger partial charge in [0.05, 0.1) is 18.2 Å². The van der Waals surface area contributed by atoms with Gasteiger partial charge in [-0.3, -0.25) is 4.79 Å². The summed E-state index contributed by atoms with van der Waals surface area (Å²) in [5.41, 5.74) is 2.79. The van der Waals surface area contributed by atoms with E-state index in [2.05, 4.69) is 42.4 Å². The highest BCUT2D eigenvalue weighted by Crippen LogP contribution is 2.52. The van der Waals surface area contributed by atoms with Crippen LogP contribution in [-0.2, 0) is 22.4 Å². The Kier molecular flexibility index (Phi) is 8.60. The molecule has 0 radical (unpaired) electrons. The molecule has 1 saturated carbocycles. The zero-order valence-corrected chi connectivity index (χ0v) is 25.0. The molecular formula is C32H45FN4O4. The second-order valence-corrected chi connectivity index (χ2v) is 13.4. The first kappa shape index (κ1) is 29.7. The van der Waals surface area contributed by atoms with Gasteiger partial charge in [-0.25, -0.2) is 9.37 Å². The van der Waals surface area contributed by atoms with Crippen LogP contribution < -0.4 is 20.3 Å². The quantitative estimate of drug-likeness (QED) is 0.397. The number of amides is 1. The van der Waals surface area contributed by atoms with E-state index in [1.165, 1.54) is 19.1 Å². The molecule has 1 saturated heterocycles. The van der Waals surface area contributed by atoms with E-state index in [0.29, 0.717) is 6.42 Å². The Morgan fingerprint density at radius 3 is 2.56 bits per heavy atom. The lowest BCUT2D eigenvalue weighted by Crippen LogP contribution is -2.54. The Morgan fingerprint density at radius 2 is 1.98 bits per heavy atom. The summed E-state index contributed by atoms with van der Waals surface area (Å²) in [6.07, 6.45) is 4.51. The molecule has 3 aliphatic rings. The van der Waals surface area contributed by atoms with Crippen LogP contribution in [0.25, 0.3) is 0 Å². The molecule has 1 aromatic carbocycles. The summed E-state index contributed by atoms with van der Waals surface area (Å²) in [6, 6.07) is 7.81. The van der Waals surface area contributed by atoms with Gasteiger partial charge in [0.2, 0.25) is 5.91 Å². The van der Waals surface area contributed by atoms with Gasteiger partial charge in [0.15, 0.2) is 11.6 Å². The number of aliphatic hydroxyl groups is 1. The van der Waals surface area contributed by atoms with Gasteiger partial charge in [-0.05, 0) is 61.3 Å². The molecule has 1 aliphatic carbocycles. The van der Waals surface area contributed by atoms with Crippen molar-refractivity contribution in [3.05, 3.63) is 53.0 Å². The molecule has 5 rings (SSSR count). The molecule has 1 amide bonds. The predicted molar refractivity (Wildman–Crippen MR) is 157 cm³/mol. The van der Waals surface area contributed by atoms with Crippen molar-refractivity contribution in [2.24, 2.45) is 5.41 Å². The maximum absolute atomic E-state index is 13.4. The third-order valence-corrected chi connectivity index (χ3v) is 8.56. The maximum atomic E-state index is 13.4. The Hall–Kier alpha value is -2.75. The summed E-state index contributed by atoms with van der Waals surface area (Å²) < 4.78 is 25.8. The summed E-state index contributed by atoms with van der Waals surface area (Å²) in [7, 11) is 1.75. The zero-order chi connectivity index (χ0) is 29.4. The van der Waals surface area contributed by atoms with Crippen LogP contribution in [0, 0.1) is 11.2 Å². The minimum atomic E-state index is -0.846. The van der Waals surface area contributed by atoms with E-state index >= 15 is 0 Å². The van der Waals surface area contributed by atoms with E-state index in [9.17, 15) is 14.3 Å². The fraction of sp³-hybridized carbons (Fsp3) is 0.625. The normalized spacial score (nSPS) is 21.3. The highest BCUT2D eigenvalue weighted by Gasteiger charge is 2.48. The lowest BCUT2D eigenvalue weighted by atomic mass is 9.72. The number of nitrogens with zero attached hydrogens (tertiary/aromatic N) is 2. The number of methoxy groups -OCH3 is 1. The molecule has 0 unspecified atom stereocenters. The molecule has 1 spiro atoms. The number of ether oxygens (including phenoxy) is 2. The van der Waals surface area contributed by atoms with E-state index in [1.54, 1.807) is 19.2 Å². The Labute approximate surface area is 243 Å². The number of hydrogen-bond donors (Lipinski definition) is 3. The molecule has 41 heavy (non-hydrogen) atoms. The van der Waals surface area contributed by atoms with Crippen LogP contribution in [0.3, 0.4) is 0 Å². The number of aliphatic hydroxyl groups excluding tert-OH is 1. The number of fused-ring (bicyclic) bond motifs is 1. The van der Waals surface area contributed by atoms with Gasteiger partial charge in [0.1, 0.15) is 11.4 Å². The molecule has 1 aromatic heterocycles. The fourth-order valence-corrected chi connectivity index (χ4v) is 6.19. The summed E-state index contributed by atoms with van der Waals surface area (Å²) in [6.45, 7) is 9.94. The number of rotatable bonds is 10. The molecule has 0 bridgehead atoms. The van der Waals surface area contributed by atoms with Crippen molar-refractivity contribution >= 4 is 11.7 Å². The number of halogens is 1. The van der Waals surface area contributed by atoms with Crippen LogP contribution in [0.15, 0.2) is 30.3 Å². The number of aromatic nitrogens is 1. The number of pyridine rings is 1. The van der Waals surface area contributed by atoms with Gasteiger partial charge in [-0.15, -0.1) is 0 Å². The number of benzene rings is 1. The summed E-state index contributed by atoms with van der Waals surface area (Å²) in [4.78, 5) is 19.4. The van der Waals surface area contributed by atoms with Crippen molar-refractivity contribution in [2.45, 2.75) is 96.1 Å². The van der Waals surface area contributed by atoms with Crippen LogP contribution >= 0.6 is 0 Å². The summed E-state index contributed by atoms with van der Waals surface area (Å²) in [5.74, 6) is 1.21. The number of hydrogen-bond acceptors (Lipinski definition) is 7. The summed E-state index contributed by atoms with van der Waals surface area (Å²) >= 11 is 0.